The first-order chi connectivity index (χ1) is 15.5. The van der Waals surface area contributed by atoms with E-state index in [1.165, 1.54) is 5.56 Å². The normalized spacial score (nSPS) is 11.4. The van der Waals surface area contributed by atoms with Crippen LogP contribution in [0.3, 0.4) is 0 Å². The van der Waals surface area contributed by atoms with Crippen molar-refractivity contribution in [2.24, 2.45) is 4.99 Å². The lowest BCUT2D eigenvalue weighted by Gasteiger charge is -2.13. The number of aromatic nitrogens is 2. The van der Waals surface area contributed by atoms with Crippen molar-refractivity contribution in [1.82, 2.24) is 25.3 Å². The predicted octanol–water partition coefficient (Wildman–Crippen LogP) is 2.28. The van der Waals surface area contributed by atoms with E-state index in [-0.39, 0.29) is 5.91 Å². The molecule has 0 bridgehead atoms. The lowest BCUT2D eigenvalue weighted by molar-refractivity contribution is -0.116. The number of carbonyl (C=O) groups is 1. The van der Waals surface area contributed by atoms with E-state index in [2.05, 4.69) is 50.3 Å². The number of guanidine groups is 1. The summed E-state index contributed by atoms with van der Waals surface area (Å²) < 4.78 is 1.84. The molecule has 1 heterocycles. The van der Waals surface area contributed by atoms with Crippen molar-refractivity contribution in [3.63, 3.8) is 0 Å². The maximum atomic E-state index is 12.0. The number of hydrogen-bond donors (Lipinski definition) is 3. The second-order valence-corrected chi connectivity index (χ2v) is 7.71. The van der Waals surface area contributed by atoms with Gasteiger partial charge in [0.2, 0.25) is 5.91 Å². The average Bonchev–Trinajstić information content (AvgIpc) is 3.31. The summed E-state index contributed by atoms with van der Waals surface area (Å²) in [4.78, 5) is 18.1. The highest BCUT2D eigenvalue weighted by Crippen LogP contribution is 2.11. The van der Waals surface area contributed by atoms with E-state index < -0.39 is 0 Å². The molecule has 0 spiro atoms. The molecular weight excluding hydrogens is 402 g/mol. The monoisotopic (exact) mass is 433 g/mol. The maximum Gasteiger partial charge on any atom is 0.238 e. The van der Waals surface area contributed by atoms with Crippen LogP contribution in [0, 0.1) is 0 Å². The predicted molar refractivity (Wildman–Crippen MR) is 129 cm³/mol. The van der Waals surface area contributed by atoms with Crippen LogP contribution in [0.25, 0.3) is 5.69 Å². The van der Waals surface area contributed by atoms with E-state index >= 15 is 0 Å². The number of nitrogens with one attached hydrogen (secondary N) is 3. The molecule has 0 aliphatic carbocycles. The van der Waals surface area contributed by atoms with E-state index in [9.17, 15) is 4.79 Å². The fourth-order valence-corrected chi connectivity index (χ4v) is 3.22. The highest BCUT2D eigenvalue weighted by molar-refractivity contribution is 5.92. The van der Waals surface area contributed by atoms with Gasteiger partial charge in [0.05, 0.1) is 12.2 Å². The Morgan fingerprint density at radius 1 is 1.06 bits per heavy atom. The molecule has 0 radical (unpaired) electrons. The second-order valence-electron chi connectivity index (χ2n) is 7.71. The SMILES string of the molecule is CN=C(NCCc1ccc(-n2cccn2)cc1)NCc1cccc(NC(=O)CN(C)C)c1. The average molecular weight is 434 g/mol. The van der Waals surface area contributed by atoms with Crippen LogP contribution in [0.5, 0.6) is 0 Å². The van der Waals surface area contributed by atoms with Crippen molar-refractivity contribution >= 4 is 17.6 Å². The number of benzene rings is 2. The first-order valence-corrected chi connectivity index (χ1v) is 10.6. The number of rotatable bonds is 9. The van der Waals surface area contributed by atoms with Gasteiger partial charge in [-0.25, -0.2) is 4.68 Å². The number of anilines is 1. The quantitative estimate of drug-likeness (QED) is 0.356. The maximum absolute atomic E-state index is 12.0. The van der Waals surface area contributed by atoms with Gasteiger partial charge in [0.15, 0.2) is 5.96 Å². The molecule has 0 aliphatic rings. The molecule has 0 unspecified atom stereocenters. The Hall–Kier alpha value is -3.65. The zero-order valence-electron chi connectivity index (χ0n) is 18.9. The molecule has 3 rings (SSSR count). The van der Waals surface area contributed by atoms with Crippen LogP contribution in [0.2, 0.25) is 0 Å². The van der Waals surface area contributed by atoms with Crippen LogP contribution in [0.15, 0.2) is 72.0 Å². The van der Waals surface area contributed by atoms with Gasteiger partial charge in [-0.15, -0.1) is 0 Å². The number of amides is 1. The minimum atomic E-state index is -0.0322. The Morgan fingerprint density at radius 2 is 1.88 bits per heavy atom. The molecule has 0 atom stereocenters. The molecule has 0 aliphatic heterocycles. The Bertz CT molecular complexity index is 1010. The first-order valence-electron chi connectivity index (χ1n) is 10.6. The number of likely N-dealkylation sites (N-methyl/N-ethyl adjacent to an activating group) is 1. The Morgan fingerprint density at radius 3 is 2.56 bits per heavy atom. The Labute approximate surface area is 189 Å². The fraction of sp³-hybridized carbons (Fsp3) is 0.292. The second kappa shape index (κ2) is 11.7. The van der Waals surface area contributed by atoms with Gasteiger partial charge in [0, 0.05) is 38.2 Å². The number of hydrogen-bond acceptors (Lipinski definition) is 4. The van der Waals surface area contributed by atoms with Crippen molar-refractivity contribution in [2.75, 3.05) is 39.5 Å². The van der Waals surface area contributed by atoms with Gasteiger partial charge in [0.25, 0.3) is 0 Å². The summed E-state index contributed by atoms with van der Waals surface area (Å²) >= 11 is 0. The van der Waals surface area contributed by atoms with Crippen molar-refractivity contribution in [1.29, 1.82) is 0 Å². The minimum Gasteiger partial charge on any atom is -0.356 e. The van der Waals surface area contributed by atoms with E-state index in [1.807, 2.05) is 60.2 Å². The zero-order valence-corrected chi connectivity index (χ0v) is 18.9. The van der Waals surface area contributed by atoms with Crippen LogP contribution in [-0.4, -0.2) is 60.8 Å². The summed E-state index contributed by atoms with van der Waals surface area (Å²) in [5.74, 6) is 0.704. The van der Waals surface area contributed by atoms with Crippen molar-refractivity contribution in [3.8, 4) is 5.69 Å². The largest absolute Gasteiger partial charge is 0.356 e. The summed E-state index contributed by atoms with van der Waals surface area (Å²) in [6, 6.07) is 18.1. The van der Waals surface area contributed by atoms with Crippen molar-refractivity contribution < 1.29 is 4.79 Å². The molecule has 3 N–H and O–H groups in total. The standard InChI is InChI=1S/C24H31N7O/c1-25-24(26-14-12-19-8-10-22(11-9-19)31-15-5-13-28-31)27-17-20-6-4-7-21(16-20)29-23(32)18-30(2)3/h4-11,13,15-16H,12,14,17-18H2,1-3H3,(H,29,32)(H2,25,26,27). The summed E-state index contributed by atoms with van der Waals surface area (Å²) in [5, 5.41) is 13.8. The van der Waals surface area contributed by atoms with Crippen LogP contribution in [-0.2, 0) is 17.8 Å². The third kappa shape index (κ3) is 7.24. The lowest BCUT2D eigenvalue weighted by atomic mass is 10.1. The molecule has 0 saturated heterocycles. The first kappa shape index (κ1) is 23.0. The van der Waals surface area contributed by atoms with Gasteiger partial charge in [-0.1, -0.05) is 24.3 Å². The number of carbonyl (C=O) groups excluding carboxylic acids is 1. The number of aliphatic imine (C=N–C) groups is 1. The molecule has 32 heavy (non-hydrogen) atoms. The lowest BCUT2D eigenvalue weighted by Crippen LogP contribution is -2.37. The summed E-state index contributed by atoms with van der Waals surface area (Å²) in [5.41, 5.74) is 4.14. The van der Waals surface area contributed by atoms with Crippen LogP contribution >= 0.6 is 0 Å². The summed E-state index contributed by atoms with van der Waals surface area (Å²) in [6.45, 7) is 1.72. The minimum absolute atomic E-state index is 0.0322. The molecular formula is C24H31N7O. The van der Waals surface area contributed by atoms with Crippen LogP contribution in [0.1, 0.15) is 11.1 Å². The molecule has 0 fully saturated rings. The highest BCUT2D eigenvalue weighted by Gasteiger charge is 2.05. The summed E-state index contributed by atoms with van der Waals surface area (Å²) in [7, 11) is 5.50. The fourth-order valence-electron chi connectivity index (χ4n) is 3.22. The van der Waals surface area contributed by atoms with Crippen LogP contribution < -0.4 is 16.0 Å². The third-order valence-electron chi connectivity index (χ3n) is 4.77. The van der Waals surface area contributed by atoms with Gasteiger partial charge >= 0.3 is 0 Å². The van der Waals surface area contributed by atoms with E-state index in [4.69, 9.17) is 0 Å². The third-order valence-corrected chi connectivity index (χ3v) is 4.77. The van der Waals surface area contributed by atoms with Crippen LogP contribution in [0.4, 0.5) is 5.69 Å². The summed E-state index contributed by atoms with van der Waals surface area (Å²) in [6.07, 6.45) is 4.58. The molecule has 1 aromatic heterocycles. The van der Waals surface area contributed by atoms with Gasteiger partial charge in [-0.3, -0.25) is 9.79 Å². The molecule has 8 nitrogen and oxygen atoms in total. The molecule has 3 aromatic rings. The number of nitrogens with zero attached hydrogens (tertiary/aromatic N) is 4. The van der Waals surface area contributed by atoms with Gasteiger partial charge in [0.1, 0.15) is 0 Å². The van der Waals surface area contributed by atoms with E-state index in [0.717, 1.165) is 35.9 Å². The molecule has 168 valence electrons. The van der Waals surface area contributed by atoms with Crippen molar-refractivity contribution in [3.05, 3.63) is 78.1 Å². The van der Waals surface area contributed by atoms with Gasteiger partial charge in [-0.05, 0) is 62.0 Å². The Kier molecular flexibility index (Phi) is 8.39. The molecule has 1 amide bonds. The zero-order chi connectivity index (χ0) is 22.8. The van der Waals surface area contributed by atoms with Gasteiger partial charge in [-0.2, -0.15) is 5.10 Å². The van der Waals surface area contributed by atoms with E-state index in [0.29, 0.717) is 13.1 Å². The van der Waals surface area contributed by atoms with Gasteiger partial charge < -0.3 is 20.9 Å². The van der Waals surface area contributed by atoms with E-state index in [1.54, 1.807) is 13.2 Å². The van der Waals surface area contributed by atoms with Crippen molar-refractivity contribution in [2.45, 2.75) is 13.0 Å². The Balaban J connectivity index is 1.44. The topological polar surface area (TPSA) is 86.6 Å². The molecule has 2 aromatic carbocycles. The highest BCUT2D eigenvalue weighted by atomic mass is 16.2. The smallest absolute Gasteiger partial charge is 0.238 e. The molecule has 0 saturated carbocycles. The molecule has 8 heteroatoms.